The third-order valence-electron chi connectivity index (χ3n) is 3.43. The van der Waals surface area contributed by atoms with E-state index >= 15 is 0 Å². The van der Waals surface area contributed by atoms with Gasteiger partial charge in [-0.3, -0.25) is 4.99 Å². The predicted octanol–water partition coefficient (Wildman–Crippen LogP) is 3.23. The lowest BCUT2D eigenvalue weighted by molar-refractivity contribution is 0.408. The van der Waals surface area contributed by atoms with Gasteiger partial charge in [-0.25, -0.2) is 4.98 Å². The van der Waals surface area contributed by atoms with Crippen LogP contribution >= 0.6 is 47.1 Å². The summed E-state index contributed by atoms with van der Waals surface area (Å²) in [4.78, 5) is 11.4. The third-order valence-corrected chi connectivity index (χ3v) is 5.85. The summed E-state index contributed by atoms with van der Waals surface area (Å²) in [5.74, 6) is 2.20. The van der Waals surface area contributed by atoms with Gasteiger partial charge in [0.15, 0.2) is 5.96 Å². The topological polar surface area (TPSA) is 40.5 Å². The Morgan fingerprint density at radius 3 is 2.95 bits per heavy atom. The minimum absolute atomic E-state index is 0. The molecule has 0 amide bonds. The number of halogens is 1. The van der Waals surface area contributed by atoms with Gasteiger partial charge in [0.1, 0.15) is 0 Å². The summed E-state index contributed by atoms with van der Waals surface area (Å²) in [5, 5.41) is 7.52. The molecule has 1 aliphatic rings. The number of hydrogen-bond donors (Lipinski definition) is 1. The molecule has 21 heavy (non-hydrogen) atoms. The number of hydrogen-bond acceptors (Lipinski definition) is 4. The molecule has 2 rings (SSSR count). The standard InChI is InChI=1S/C14H24N4S2.HI/c1-4-12-9-18(6-7-19-12)14(15-3)16-8-11-10-20-13(5-2)17-11;/h10,12H,4-9H2,1-3H3,(H,15,16);1H. The van der Waals surface area contributed by atoms with Gasteiger partial charge in [-0.15, -0.1) is 35.3 Å². The number of thioether (sulfide) groups is 1. The second-order valence-corrected chi connectivity index (χ2v) is 7.18. The first-order valence-corrected chi connectivity index (χ1v) is 9.20. The van der Waals surface area contributed by atoms with Crippen LogP contribution in [0.4, 0.5) is 0 Å². The lowest BCUT2D eigenvalue weighted by atomic mass is 10.3. The van der Waals surface area contributed by atoms with Crippen molar-refractivity contribution >= 4 is 53.0 Å². The van der Waals surface area contributed by atoms with Crippen molar-refractivity contribution in [3.05, 3.63) is 16.1 Å². The van der Waals surface area contributed by atoms with Gasteiger partial charge in [-0.05, 0) is 12.8 Å². The summed E-state index contributed by atoms with van der Waals surface area (Å²) < 4.78 is 0. The molecule has 0 radical (unpaired) electrons. The van der Waals surface area contributed by atoms with Crippen molar-refractivity contribution in [1.82, 2.24) is 15.2 Å². The minimum atomic E-state index is 0. The first kappa shape index (κ1) is 19.0. The van der Waals surface area contributed by atoms with Gasteiger partial charge in [0.05, 0.1) is 17.2 Å². The summed E-state index contributed by atoms with van der Waals surface area (Å²) in [6.45, 7) is 7.35. The van der Waals surface area contributed by atoms with Crippen LogP contribution in [-0.2, 0) is 13.0 Å². The molecule has 7 heteroatoms. The first-order valence-electron chi connectivity index (χ1n) is 7.27. The molecular formula is C14H25IN4S2. The van der Waals surface area contributed by atoms with Crippen molar-refractivity contribution < 1.29 is 0 Å². The SMILES string of the molecule is CCc1nc(CNC(=NC)N2CCSC(CC)C2)cs1.I. The van der Waals surface area contributed by atoms with E-state index in [9.17, 15) is 0 Å². The van der Waals surface area contributed by atoms with E-state index in [0.29, 0.717) is 0 Å². The first-order chi connectivity index (χ1) is 9.76. The zero-order valence-corrected chi connectivity index (χ0v) is 16.9. The molecule has 0 bridgehead atoms. The van der Waals surface area contributed by atoms with Crippen LogP contribution in [0.1, 0.15) is 31.0 Å². The zero-order chi connectivity index (χ0) is 14.4. The van der Waals surface area contributed by atoms with Gasteiger partial charge in [0.2, 0.25) is 0 Å². The van der Waals surface area contributed by atoms with Crippen LogP contribution in [0.15, 0.2) is 10.4 Å². The van der Waals surface area contributed by atoms with Crippen LogP contribution in [0, 0.1) is 0 Å². The Morgan fingerprint density at radius 1 is 1.52 bits per heavy atom. The van der Waals surface area contributed by atoms with Crippen molar-refractivity contribution in [2.45, 2.75) is 38.5 Å². The fourth-order valence-electron chi connectivity index (χ4n) is 2.25. The van der Waals surface area contributed by atoms with Gasteiger partial charge in [-0.1, -0.05) is 13.8 Å². The summed E-state index contributed by atoms with van der Waals surface area (Å²) in [6, 6.07) is 0. The molecule has 1 aliphatic heterocycles. The van der Waals surface area contributed by atoms with E-state index in [1.54, 1.807) is 11.3 Å². The number of aryl methyl sites for hydroxylation is 1. The lowest BCUT2D eigenvalue weighted by Crippen LogP contribution is -2.47. The number of thiazole rings is 1. The average molecular weight is 440 g/mol. The van der Waals surface area contributed by atoms with Gasteiger partial charge in [-0.2, -0.15) is 11.8 Å². The molecule has 1 unspecified atom stereocenters. The second-order valence-electron chi connectivity index (χ2n) is 4.83. The van der Waals surface area contributed by atoms with Crippen LogP contribution in [0.2, 0.25) is 0 Å². The number of rotatable bonds is 4. The molecule has 1 N–H and O–H groups in total. The summed E-state index contributed by atoms with van der Waals surface area (Å²) in [6.07, 6.45) is 2.24. The number of guanidine groups is 1. The Morgan fingerprint density at radius 2 is 2.33 bits per heavy atom. The van der Waals surface area contributed by atoms with Crippen molar-refractivity contribution in [2.24, 2.45) is 4.99 Å². The van der Waals surface area contributed by atoms with E-state index in [2.05, 4.69) is 51.2 Å². The monoisotopic (exact) mass is 440 g/mol. The van der Waals surface area contributed by atoms with Crippen LogP contribution in [0.3, 0.4) is 0 Å². The van der Waals surface area contributed by atoms with Crippen LogP contribution in [-0.4, -0.2) is 47.0 Å². The average Bonchev–Trinajstić information content (AvgIpc) is 2.96. The maximum atomic E-state index is 4.59. The summed E-state index contributed by atoms with van der Waals surface area (Å²) >= 11 is 3.82. The fraction of sp³-hybridized carbons (Fsp3) is 0.714. The number of nitrogens with one attached hydrogen (secondary N) is 1. The zero-order valence-electron chi connectivity index (χ0n) is 13.0. The summed E-state index contributed by atoms with van der Waals surface area (Å²) in [5.41, 5.74) is 1.12. The molecule has 1 fully saturated rings. The molecule has 0 aliphatic carbocycles. The van der Waals surface area contributed by atoms with E-state index in [4.69, 9.17) is 0 Å². The molecule has 1 atom stereocenters. The lowest BCUT2D eigenvalue weighted by Gasteiger charge is -2.34. The largest absolute Gasteiger partial charge is 0.351 e. The second kappa shape index (κ2) is 9.89. The van der Waals surface area contributed by atoms with E-state index in [1.807, 2.05) is 7.05 Å². The van der Waals surface area contributed by atoms with Crippen molar-refractivity contribution in [3.8, 4) is 0 Å². The van der Waals surface area contributed by atoms with Gasteiger partial charge in [0, 0.05) is 36.5 Å². The van der Waals surface area contributed by atoms with Crippen LogP contribution in [0.25, 0.3) is 0 Å². The predicted molar refractivity (Wildman–Crippen MR) is 105 cm³/mol. The van der Waals surface area contributed by atoms with E-state index in [0.717, 1.165) is 43.0 Å². The van der Waals surface area contributed by atoms with E-state index in [1.165, 1.54) is 17.2 Å². The molecule has 2 heterocycles. The smallest absolute Gasteiger partial charge is 0.194 e. The van der Waals surface area contributed by atoms with Gasteiger partial charge in [0.25, 0.3) is 0 Å². The highest BCUT2D eigenvalue weighted by atomic mass is 127. The Kier molecular flexibility index (Phi) is 8.96. The highest BCUT2D eigenvalue weighted by molar-refractivity contribution is 14.0. The van der Waals surface area contributed by atoms with E-state index in [-0.39, 0.29) is 24.0 Å². The highest BCUT2D eigenvalue weighted by Gasteiger charge is 2.21. The van der Waals surface area contributed by atoms with Crippen molar-refractivity contribution in [3.63, 3.8) is 0 Å². The highest BCUT2D eigenvalue weighted by Crippen LogP contribution is 2.21. The van der Waals surface area contributed by atoms with E-state index < -0.39 is 0 Å². The van der Waals surface area contributed by atoms with Crippen LogP contribution in [0.5, 0.6) is 0 Å². The normalized spacial score (nSPS) is 19.3. The third kappa shape index (κ3) is 5.59. The summed E-state index contributed by atoms with van der Waals surface area (Å²) in [7, 11) is 1.86. The molecule has 0 saturated carbocycles. The number of aliphatic imine (C=N–C) groups is 1. The maximum Gasteiger partial charge on any atom is 0.194 e. The Hall–Kier alpha value is -0.0200. The molecule has 1 aromatic heterocycles. The van der Waals surface area contributed by atoms with Crippen LogP contribution < -0.4 is 5.32 Å². The fourth-order valence-corrected chi connectivity index (χ4v) is 4.18. The van der Waals surface area contributed by atoms with Crippen molar-refractivity contribution in [1.29, 1.82) is 0 Å². The number of nitrogens with zero attached hydrogens (tertiary/aromatic N) is 3. The Balaban J connectivity index is 0.00000220. The molecule has 120 valence electrons. The Labute approximate surface area is 153 Å². The molecule has 0 aromatic carbocycles. The molecule has 1 saturated heterocycles. The maximum absolute atomic E-state index is 4.59. The van der Waals surface area contributed by atoms with Gasteiger partial charge < -0.3 is 10.2 Å². The minimum Gasteiger partial charge on any atom is -0.351 e. The molecular weight excluding hydrogens is 415 g/mol. The molecule has 4 nitrogen and oxygen atoms in total. The number of aromatic nitrogens is 1. The quantitative estimate of drug-likeness (QED) is 0.444. The molecule has 0 spiro atoms. The van der Waals surface area contributed by atoms with Crippen molar-refractivity contribution in [2.75, 3.05) is 25.9 Å². The molecule has 1 aromatic rings. The van der Waals surface area contributed by atoms with Gasteiger partial charge >= 0.3 is 0 Å². The Bertz CT molecular complexity index is 450.